The van der Waals surface area contributed by atoms with Crippen molar-refractivity contribution in [2.24, 2.45) is 5.92 Å². The van der Waals surface area contributed by atoms with Crippen LogP contribution in [0, 0.1) is 5.92 Å². The molecule has 58 heavy (non-hydrogen) atoms. The van der Waals surface area contributed by atoms with Crippen LogP contribution in [0.25, 0.3) is 44.8 Å². The molecule has 1 fully saturated rings. The summed E-state index contributed by atoms with van der Waals surface area (Å²) in [6, 6.07) is 19.6. The number of imidazole rings is 2. The molecule has 3 aliphatic heterocycles. The number of allylic oxidation sites excluding steroid dienone is 1. The van der Waals surface area contributed by atoms with Crippen LogP contribution in [0.1, 0.15) is 68.0 Å². The average molecular weight is 774 g/mol. The lowest BCUT2D eigenvalue weighted by Gasteiger charge is -2.26. The molecule has 3 aromatic heterocycles. The zero-order chi connectivity index (χ0) is 40.1. The number of rotatable bonds is 9. The summed E-state index contributed by atoms with van der Waals surface area (Å²) in [5, 5.41) is 2.59. The van der Waals surface area contributed by atoms with E-state index >= 15 is 0 Å². The van der Waals surface area contributed by atoms with Crippen molar-refractivity contribution in [3.63, 3.8) is 0 Å². The first-order chi connectivity index (χ1) is 28.2. The fourth-order valence-corrected chi connectivity index (χ4v) is 8.27. The number of nitrogens with zero attached hydrogens (tertiary/aromatic N) is 6. The van der Waals surface area contributed by atoms with E-state index in [-0.39, 0.29) is 35.5 Å². The third kappa shape index (κ3) is 6.51. The molecule has 3 aromatic carbocycles. The molecule has 6 aromatic rings. The number of anilines is 1. The lowest BCUT2D eigenvalue weighted by molar-refractivity contribution is -0.128. The van der Waals surface area contributed by atoms with Crippen LogP contribution >= 0.6 is 0 Å². The van der Waals surface area contributed by atoms with Crippen LogP contribution in [-0.2, 0) is 27.2 Å². The van der Waals surface area contributed by atoms with E-state index in [1.807, 2.05) is 78.7 Å². The average Bonchev–Trinajstić information content (AvgIpc) is 4.09. The minimum atomic E-state index is -0.694. The molecule has 6 heterocycles. The minimum Gasteiger partial charge on any atom is -0.453 e. The second kappa shape index (κ2) is 14.9. The van der Waals surface area contributed by atoms with Gasteiger partial charge in [-0.25, -0.2) is 19.7 Å². The zero-order valence-electron chi connectivity index (χ0n) is 32.6. The highest BCUT2D eigenvalue weighted by atomic mass is 16.5. The highest BCUT2D eigenvalue weighted by Gasteiger charge is 2.41. The van der Waals surface area contributed by atoms with E-state index in [2.05, 4.69) is 28.8 Å². The Morgan fingerprint density at radius 1 is 0.914 bits per heavy atom. The van der Waals surface area contributed by atoms with Gasteiger partial charge in [0.05, 0.1) is 71.6 Å². The zero-order valence-corrected chi connectivity index (χ0v) is 32.6. The molecule has 0 radical (unpaired) electrons. The summed E-state index contributed by atoms with van der Waals surface area (Å²) in [6.07, 6.45) is 10.2. The number of methoxy groups -OCH3 is 1. The number of carbonyl (C=O) groups is 3. The molecule has 292 valence electrons. The Bertz CT molecular complexity index is 2640. The maximum Gasteiger partial charge on any atom is 0.411 e. The van der Waals surface area contributed by atoms with Crippen LogP contribution in [0.15, 0.2) is 103 Å². The molecular formula is C45H43N9O4. The van der Waals surface area contributed by atoms with Crippen LogP contribution in [0.4, 0.5) is 10.5 Å². The van der Waals surface area contributed by atoms with Crippen LogP contribution in [0.5, 0.6) is 0 Å². The van der Waals surface area contributed by atoms with Crippen molar-refractivity contribution >= 4 is 34.6 Å². The number of hydrogen-bond donors (Lipinski definition) is 3. The molecular weight excluding hydrogens is 731 g/mol. The van der Waals surface area contributed by atoms with Crippen molar-refractivity contribution < 1.29 is 19.1 Å². The predicted octanol–water partition coefficient (Wildman–Crippen LogP) is 7.77. The highest BCUT2D eigenvalue weighted by molar-refractivity contribution is 6.10. The Morgan fingerprint density at radius 2 is 1.62 bits per heavy atom. The number of benzene rings is 3. The van der Waals surface area contributed by atoms with E-state index in [4.69, 9.17) is 24.7 Å². The number of fused-ring (bicyclic) bond motifs is 1. The van der Waals surface area contributed by atoms with Gasteiger partial charge in [-0.15, -0.1) is 0 Å². The number of para-hydroxylation sites is 1. The maximum absolute atomic E-state index is 13.9. The number of likely N-dealkylation sites (tertiary alicyclic amines) is 1. The van der Waals surface area contributed by atoms with Gasteiger partial charge in [-0.05, 0) is 60.4 Å². The van der Waals surface area contributed by atoms with Crippen LogP contribution < -0.4 is 10.2 Å². The van der Waals surface area contributed by atoms with Crippen molar-refractivity contribution in [1.29, 1.82) is 0 Å². The van der Waals surface area contributed by atoms with Gasteiger partial charge in [0, 0.05) is 29.7 Å². The molecule has 9 rings (SSSR count). The minimum absolute atomic E-state index is 0.0161. The standard InChI is InChI=1S/C45H43N9O4/c1-5-25(2)26(3)43(55)53-19-7-10-38(53)41-47-24-37(51-41)30-16-17-32-34(20-30)46-22-35(49-32)27-11-13-28(14-12-27)36-23-48-42(50-36)39-21-31-9-6-8-29-15-18-33(52-45(57)58-4)44(56)54(39)40(29)31/h6,8-9,11-14,16-18,20,22-25,38-39H,3,5,7,10,15,19,21H2,1-2,4H3,(H,47,51)(H,48,50)(H,52,57). The summed E-state index contributed by atoms with van der Waals surface area (Å²) in [6.45, 7) is 8.92. The quantitative estimate of drug-likeness (QED) is 0.126. The maximum atomic E-state index is 13.9. The molecule has 0 bridgehead atoms. The molecule has 0 aliphatic carbocycles. The number of carbonyl (C=O) groups excluding carboxylic acids is 3. The summed E-state index contributed by atoms with van der Waals surface area (Å²) in [5.74, 6) is 1.28. The van der Waals surface area contributed by atoms with Gasteiger partial charge in [0.1, 0.15) is 17.3 Å². The summed E-state index contributed by atoms with van der Waals surface area (Å²) in [4.78, 5) is 68.9. The van der Waals surface area contributed by atoms with Crippen molar-refractivity contribution in [1.82, 2.24) is 40.1 Å². The first-order valence-corrected chi connectivity index (χ1v) is 19.7. The fraction of sp³-hybridized carbons (Fsp3) is 0.267. The van der Waals surface area contributed by atoms with Crippen LogP contribution in [0.3, 0.4) is 0 Å². The van der Waals surface area contributed by atoms with Gasteiger partial charge in [0.2, 0.25) is 5.91 Å². The second-order valence-corrected chi connectivity index (χ2v) is 15.1. The van der Waals surface area contributed by atoms with Gasteiger partial charge in [0.25, 0.3) is 5.91 Å². The van der Waals surface area contributed by atoms with Crippen molar-refractivity contribution in [3.8, 4) is 33.8 Å². The van der Waals surface area contributed by atoms with E-state index < -0.39 is 6.09 Å². The number of aromatic nitrogens is 6. The molecule has 13 heteroatoms. The predicted molar refractivity (Wildman–Crippen MR) is 220 cm³/mol. The molecule has 3 atom stereocenters. The SMILES string of the molecule is C=C(C(=O)N1CCCC1c1ncc(-c2ccc3nc(-c4ccc(-c5cnc(C6Cc7cccc8c7N6C(=O)C(NC(=O)OC)=CC8)[nH]5)cc4)cnc3c2)[nH]1)C(C)CC. The summed E-state index contributed by atoms with van der Waals surface area (Å²) in [7, 11) is 1.27. The van der Waals surface area contributed by atoms with Gasteiger partial charge in [0.15, 0.2) is 0 Å². The van der Waals surface area contributed by atoms with Gasteiger partial charge in [-0.2, -0.15) is 0 Å². The normalized spacial score (nSPS) is 17.8. The number of H-pyrrole nitrogens is 2. The topological polar surface area (TPSA) is 162 Å². The Balaban J connectivity index is 0.907. The van der Waals surface area contributed by atoms with E-state index in [0.717, 1.165) is 86.7 Å². The molecule has 3 unspecified atom stereocenters. The lowest BCUT2D eigenvalue weighted by atomic mass is 9.98. The van der Waals surface area contributed by atoms with E-state index in [0.29, 0.717) is 30.8 Å². The second-order valence-electron chi connectivity index (χ2n) is 15.1. The first kappa shape index (κ1) is 36.7. The molecule has 1 saturated heterocycles. The molecule has 13 nitrogen and oxygen atoms in total. The number of amides is 3. The number of alkyl carbamates (subject to hydrolysis) is 1. The number of hydrogen-bond acceptors (Lipinski definition) is 8. The molecule has 3 aliphatic rings. The van der Waals surface area contributed by atoms with Gasteiger partial charge < -0.3 is 19.6 Å². The highest BCUT2D eigenvalue weighted by Crippen LogP contribution is 2.44. The molecule has 3 amide bonds. The largest absolute Gasteiger partial charge is 0.453 e. The molecule has 0 saturated carbocycles. The number of aromatic amines is 2. The Kier molecular flexibility index (Phi) is 9.43. The third-order valence-corrected chi connectivity index (χ3v) is 11.7. The summed E-state index contributed by atoms with van der Waals surface area (Å²) < 4.78 is 4.77. The summed E-state index contributed by atoms with van der Waals surface area (Å²) >= 11 is 0. The van der Waals surface area contributed by atoms with Gasteiger partial charge in [-0.3, -0.25) is 24.8 Å². The van der Waals surface area contributed by atoms with Gasteiger partial charge in [-0.1, -0.05) is 75.0 Å². The number of nitrogens with one attached hydrogen (secondary N) is 3. The van der Waals surface area contributed by atoms with Crippen molar-refractivity contribution in [3.05, 3.63) is 126 Å². The van der Waals surface area contributed by atoms with Crippen LogP contribution in [-0.4, -0.2) is 66.4 Å². The van der Waals surface area contributed by atoms with E-state index in [1.165, 1.54) is 7.11 Å². The Hall–Kier alpha value is -6.89. The van der Waals surface area contributed by atoms with E-state index in [1.54, 1.807) is 23.4 Å². The van der Waals surface area contributed by atoms with E-state index in [9.17, 15) is 14.4 Å². The fourth-order valence-electron chi connectivity index (χ4n) is 8.27. The Labute approximate surface area is 335 Å². The van der Waals surface area contributed by atoms with Gasteiger partial charge >= 0.3 is 6.09 Å². The molecule has 0 spiro atoms. The third-order valence-electron chi connectivity index (χ3n) is 11.7. The first-order valence-electron chi connectivity index (χ1n) is 19.7. The molecule has 3 N–H and O–H groups in total. The summed E-state index contributed by atoms with van der Waals surface area (Å²) in [5.41, 5.74) is 10.5. The smallest absolute Gasteiger partial charge is 0.411 e. The Morgan fingerprint density at radius 3 is 2.38 bits per heavy atom. The monoisotopic (exact) mass is 773 g/mol. The lowest BCUT2D eigenvalue weighted by Crippen LogP contribution is -2.39. The number of ether oxygens (including phenoxy) is 1. The van der Waals surface area contributed by atoms with Crippen molar-refractivity contribution in [2.45, 2.75) is 58.0 Å². The van der Waals surface area contributed by atoms with Crippen LogP contribution in [0.2, 0.25) is 0 Å². The van der Waals surface area contributed by atoms with Crippen molar-refractivity contribution in [2.75, 3.05) is 18.6 Å².